The summed E-state index contributed by atoms with van der Waals surface area (Å²) in [5, 5.41) is 12.0. The summed E-state index contributed by atoms with van der Waals surface area (Å²) < 4.78 is 0. The van der Waals surface area contributed by atoms with Crippen molar-refractivity contribution >= 4 is 6.03 Å². The fourth-order valence-electron chi connectivity index (χ4n) is 1.44. The van der Waals surface area contributed by atoms with E-state index in [4.69, 9.17) is 5.11 Å². The van der Waals surface area contributed by atoms with Gasteiger partial charge in [-0.25, -0.2) is 4.79 Å². The van der Waals surface area contributed by atoms with Crippen LogP contribution in [0.3, 0.4) is 0 Å². The van der Waals surface area contributed by atoms with E-state index in [1.165, 1.54) is 0 Å². The number of hydrogen-bond donors (Lipinski definition) is 2. The van der Waals surface area contributed by atoms with Gasteiger partial charge in [0.15, 0.2) is 0 Å². The number of aliphatic hydroxyl groups is 1. The van der Waals surface area contributed by atoms with Crippen LogP contribution < -0.4 is 5.32 Å². The van der Waals surface area contributed by atoms with Crippen LogP contribution in [0.5, 0.6) is 0 Å². The van der Waals surface area contributed by atoms with Gasteiger partial charge in [0.25, 0.3) is 0 Å². The van der Waals surface area contributed by atoms with Gasteiger partial charge in [-0.2, -0.15) is 0 Å². The first-order chi connectivity index (χ1) is 5.78. The summed E-state index contributed by atoms with van der Waals surface area (Å²) in [6, 6.07) is -0.0935. The molecular weight excluding hydrogens is 168 g/mol. The molecule has 0 aromatic carbocycles. The van der Waals surface area contributed by atoms with Crippen LogP contribution in [0.4, 0.5) is 4.79 Å². The zero-order valence-electron chi connectivity index (χ0n) is 8.72. The second-order valence-electron chi connectivity index (χ2n) is 4.87. The van der Waals surface area contributed by atoms with E-state index in [1.54, 1.807) is 4.90 Å². The molecule has 0 bridgehead atoms. The fourth-order valence-corrected chi connectivity index (χ4v) is 1.44. The van der Waals surface area contributed by atoms with E-state index in [0.717, 1.165) is 0 Å². The Kier molecular flexibility index (Phi) is 2.28. The molecule has 0 atom stereocenters. The number of amides is 2. The van der Waals surface area contributed by atoms with Crippen molar-refractivity contribution in [1.29, 1.82) is 0 Å². The summed E-state index contributed by atoms with van der Waals surface area (Å²) in [5.74, 6) is 0. The van der Waals surface area contributed by atoms with Crippen LogP contribution in [0.1, 0.15) is 27.7 Å². The Balaban J connectivity index is 2.79. The molecule has 1 aliphatic rings. The van der Waals surface area contributed by atoms with Gasteiger partial charge in [-0.1, -0.05) is 0 Å². The van der Waals surface area contributed by atoms with Gasteiger partial charge in [-0.05, 0) is 27.7 Å². The molecule has 4 nitrogen and oxygen atoms in total. The van der Waals surface area contributed by atoms with E-state index in [2.05, 4.69) is 5.32 Å². The molecule has 0 aromatic heterocycles. The summed E-state index contributed by atoms with van der Waals surface area (Å²) in [5.41, 5.74) is -0.665. The first kappa shape index (κ1) is 10.3. The van der Waals surface area contributed by atoms with Crippen LogP contribution in [-0.2, 0) is 0 Å². The minimum Gasteiger partial charge on any atom is -0.394 e. The van der Waals surface area contributed by atoms with E-state index in [9.17, 15) is 4.79 Å². The van der Waals surface area contributed by atoms with Crippen molar-refractivity contribution in [2.45, 2.75) is 38.8 Å². The third kappa shape index (κ3) is 1.94. The third-order valence-corrected chi connectivity index (χ3v) is 2.36. The maximum Gasteiger partial charge on any atom is 0.318 e. The molecule has 0 spiro atoms. The Morgan fingerprint density at radius 1 is 1.62 bits per heavy atom. The van der Waals surface area contributed by atoms with Gasteiger partial charge < -0.3 is 15.3 Å². The highest BCUT2D eigenvalue weighted by atomic mass is 16.3. The van der Waals surface area contributed by atoms with Gasteiger partial charge in [0.05, 0.1) is 17.7 Å². The number of rotatable bonds is 2. The van der Waals surface area contributed by atoms with Crippen molar-refractivity contribution in [3.63, 3.8) is 0 Å². The van der Waals surface area contributed by atoms with E-state index in [0.29, 0.717) is 6.54 Å². The molecule has 1 saturated heterocycles. The first-order valence-corrected chi connectivity index (χ1v) is 4.49. The molecule has 0 aliphatic carbocycles. The van der Waals surface area contributed by atoms with Crippen LogP contribution in [0, 0.1) is 0 Å². The van der Waals surface area contributed by atoms with Crippen LogP contribution in [0.15, 0.2) is 0 Å². The molecule has 4 heteroatoms. The number of urea groups is 1. The lowest BCUT2D eigenvalue weighted by molar-refractivity contribution is 0.0922. The summed E-state index contributed by atoms with van der Waals surface area (Å²) in [7, 11) is 0. The zero-order chi connectivity index (χ0) is 10.3. The third-order valence-electron chi connectivity index (χ3n) is 2.36. The lowest BCUT2D eigenvalue weighted by Crippen LogP contribution is -2.48. The topological polar surface area (TPSA) is 52.6 Å². The molecule has 2 amide bonds. The fraction of sp³-hybridized carbons (Fsp3) is 0.889. The number of nitrogens with zero attached hydrogens (tertiary/aromatic N) is 1. The molecule has 0 radical (unpaired) electrons. The number of nitrogens with one attached hydrogen (secondary N) is 1. The highest BCUT2D eigenvalue weighted by molar-refractivity contribution is 5.78. The average Bonchev–Trinajstić information content (AvgIpc) is 2.25. The van der Waals surface area contributed by atoms with Crippen molar-refractivity contribution in [1.82, 2.24) is 10.2 Å². The maximum atomic E-state index is 11.5. The first-order valence-electron chi connectivity index (χ1n) is 4.49. The van der Waals surface area contributed by atoms with Gasteiger partial charge in [0.1, 0.15) is 0 Å². The van der Waals surface area contributed by atoms with Crippen molar-refractivity contribution < 1.29 is 9.90 Å². The summed E-state index contributed by atoms with van der Waals surface area (Å²) in [6.07, 6.45) is 0. The van der Waals surface area contributed by atoms with Gasteiger partial charge in [-0.15, -0.1) is 0 Å². The number of hydrogen-bond acceptors (Lipinski definition) is 2. The SMILES string of the molecule is CC1(C)CN(C(C)(C)CO)C(=O)N1. The summed E-state index contributed by atoms with van der Waals surface area (Å²) >= 11 is 0. The lowest BCUT2D eigenvalue weighted by Gasteiger charge is -2.33. The Hall–Kier alpha value is -0.770. The van der Waals surface area contributed by atoms with Crippen LogP contribution in [0.25, 0.3) is 0 Å². The van der Waals surface area contributed by atoms with Crippen molar-refractivity contribution in [3.8, 4) is 0 Å². The van der Waals surface area contributed by atoms with E-state index in [-0.39, 0.29) is 18.2 Å². The highest BCUT2D eigenvalue weighted by Gasteiger charge is 2.41. The zero-order valence-corrected chi connectivity index (χ0v) is 8.72. The molecule has 76 valence electrons. The second-order valence-corrected chi connectivity index (χ2v) is 4.87. The molecule has 0 saturated carbocycles. The number of carbonyl (C=O) groups is 1. The Bertz CT molecular complexity index is 224. The molecule has 1 fully saturated rings. The van der Waals surface area contributed by atoms with Gasteiger partial charge in [-0.3, -0.25) is 0 Å². The molecule has 1 heterocycles. The Morgan fingerprint density at radius 2 is 2.15 bits per heavy atom. The highest BCUT2D eigenvalue weighted by Crippen LogP contribution is 2.23. The van der Waals surface area contributed by atoms with Gasteiger partial charge in [0, 0.05) is 6.54 Å². The predicted molar refractivity (Wildman–Crippen MR) is 50.5 cm³/mol. The molecule has 1 aliphatic heterocycles. The van der Waals surface area contributed by atoms with Crippen LogP contribution >= 0.6 is 0 Å². The second kappa shape index (κ2) is 2.87. The van der Waals surface area contributed by atoms with Crippen molar-refractivity contribution in [2.75, 3.05) is 13.2 Å². The largest absolute Gasteiger partial charge is 0.394 e. The monoisotopic (exact) mass is 186 g/mol. The smallest absolute Gasteiger partial charge is 0.318 e. The van der Waals surface area contributed by atoms with Crippen molar-refractivity contribution in [2.24, 2.45) is 0 Å². The van der Waals surface area contributed by atoms with Crippen LogP contribution in [-0.4, -0.2) is 40.3 Å². The molecule has 2 N–H and O–H groups in total. The van der Waals surface area contributed by atoms with E-state index in [1.807, 2.05) is 27.7 Å². The number of aliphatic hydroxyl groups excluding tert-OH is 1. The molecule has 0 unspecified atom stereocenters. The Morgan fingerprint density at radius 3 is 2.46 bits per heavy atom. The minimum absolute atomic E-state index is 0.0174. The minimum atomic E-state index is -0.474. The van der Waals surface area contributed by atoms with Crippen molar-refractivity contribution in [3.05, 3.63) is 0 Å². The normalized spacial score (nSPS) is 21.9. The molecular formula is C9H18N2O2. The van der Waals surface area contributed by atoms with E-state index < -0.39 is 5.54 Å². The number of carbonyl (C=O) groups excluding carboxylic acids is 1. The standard InChI is InChI=1S/C9H18N2O2/c1-8(2)5-11(7(13)10-8)9(3,4)6-12/h12H,5-6H2,1-4H3,(H,10,13). The maximum absolute atomic E-state index is 11.5. The quantitative estimate of drug-likeness (QED) is 0.662. The summed E-state index contributed by atoms with van der Waals surface area (Å²) in [4.78, 5) is 13.2. The van der Waals surface area contributed by atoms with Crippen LogP contribution in [0.2, 0.25) is 0 Å². The van der Waals surface area contributed by atoms with Gasteiger partial charge >= 0.3 is 6.03 Å². The van der Waals surface area contributed by atoms with E-state index >= 15 is 0 Å². The lowest BCUT2D eigenvalue weighted by atomic mass is 10.0. The summed E-state index contributed by atoms with van der Waals surface area (Å²) in [6.45, 7) is 8.27. The average molecular weight is 186 g/mol. The molecule has 13 heavy (non-hydrogen) atoms. The van der Waals surface area contributed by atoms with Gasteiger partial charge in [0.2, 0.25) is 0 Å². The molecule has 0 aromatic rings. The predicted octanol–water partition coefficient (Wildman–Crippen LogP) is 0.561. The Labute approximate surface area is 78.9 Å². The molecule has 1 rings (SSSR count).